The zero-order chi connectivity index (χ0) is 12.8. The van der Waals surface area contributed by atoms with E-state index < -0.39 is 5.54 Å². The topological polar surface area (TPSA) is 38.3 Å². The summed E-state index contributed by atoms with van der Waals surface area (Å²) in [6, 6.07) is 0.330. The first-order valence-corrected chi connectivity index (χ1v) is 6.21. The zero-order valence-electron chi connectivity index (χ0n) is 11.6. The first-order chi connectivity index (χ1) is 7.35. The molecule has 0 saturated carbocycles. The molecule has 0 amide bonds. The van der Waals surface area contributed by atoms with Crippen molar-refractivity contribution < 1.29 is 9.53 Å². The fourth-order valence-corrected chi connectivity index (χ4v) is 1.68. The Bertz CT molecular complexity index is 216. The Morgan fingerprint density at radius 3 is 2.31 bits per heavy atom. The van der Waals surface area contributed by atoms with Crippen molar-refractivity contribution in [1.82, 2.24) is 5.32 Å². The van der Waals surface area contributed by atoms with Gasteiger partial charge in [0.05, 0.1) is 7.11 Å². The van der Waals surface area contributed by atoms with E-state index in [1.807, 2.05) is 6.92 Å². The lowest BCUT2D eigenvalue weighted by atomic mass is 9.91. The summed E-state index contributed by atoms with van der Waals surface area (Å²) < 4.78 is 4.89. The Labute approximate surface area is 99.9 Å². The lowest BCUT2D eigenvalue weighted by Gasteiger charge is -2.31. The van der Waals surface area contributed by atoms with Crippen LogP contribution in [0.15, 0.2) is 0 Å². The maximum absolute atomic E-state index is 11.8. The van der Waals surface area contributed by atoms with Crippen LogP contribution >= 0.6 is 0 Å². The van der Waals surface area contributed by atoms with Crippen molar-refractivity contribution in [2.45, 2.75) is 65.5 Å². The van der Waals surface area contributed by atoms with E-state index in [0.29, 0.717) is 12.0 Å². The van der Waals surface area contributed by atoms with Crippen molar-refractivity contribution >= 4 is 5.97 Å². The van der Waals surface area contributed by atoms with Crippen LogP contribution in [0, 0.1) is 5.92 Å². The first-order valence-electron chi connectivity index (χ1n) is 6.21. The van der Waals surface area contributed by atoms with E-state index in [4.69, 9.17) is 4.74 Å². The van der Waals surface area contributed by atoms with E-state index in [-0.39, 0.29) is 5.97 Å². The van der Waals surface area contributed by atoms with Crippen LogP contribution in [-0.2, 0) is 9.53 Å². The Morgan fingerprint density at radius 1 is 1.38 bits per heavy atom. The van der Waals surface area contributed by atoms with Gasteiger partial charge < -0.3 is 4.74 Å². The van der Waals surface area contributed by atoms with Crippen LogP contribution in [0.2, 0.25) is 0 Å². The molecule has 0 aliphatic heterocycles. The summed E-state index contributed by atoms with van der Waals surface area (Å²) in [5, 5.41) is 3.37. The molecule has 0 fully saturated rings. The number of carbonyl (C=O) groups is 1. The van der Waals surface area contributed by atoms with Crippen LogP contribution in [0.3, 0.4) is 0 Å². The van der Waals surface area contributed by atoms with E-state index in [0.717, 1.165) is 19.3 Å². The third kappa shape index (κ3) is 4.97. The molecule has 0 spiro atoms. The number of methoxy groups -OCH3 is 1. The summed E-state index contributed by atoms with van der Waals surface area (Å²) in [6.45, 7) is 10.5. The second-order valence-corrected chi connectivity index (χ2v) is 5.21. The molecule has 1 N–H and O–H groups in total. The molecule has 16 heavy (non-hydrogen) atoms. The van der Waals surface area contributed by atoms with E-state index in [1.54, 1.807) is 0 Å². The fourth-order valence-electron chi connectivity index (χ4n) is 1.68. The Morgan fingerprint density at radius 2 is 1.94 bits per heavy atom. The molecule has 0 radical (unpaired) electrons. The van der Waals surface area contributed by atoms with Crippen molar-refractivity contribution in [3.63, 3.8) is 0 Å². The second kappa shape index (κ2) is 6.89. The molecule has 0 aromatic heterocycles. The highest BCUT2D eigenvalue weighted by atomic mass is 16.5. The van der Waals surface area contributed by atoms with Gasteiger partial charge in [0.2, 0.25) is 0 Å². The number of rotatable bonds is 7. The standard InChI is InChI=1S/C13H27NO2/c1-7-11(4)14-13(5,12(15)16-6)9-8-10(2)3/h10-11,14H,7-9H2,1-6H3. The lowest BCUT2D eigenvalue weighted by molar-refractivity contribution is -0.148. The zero-order valence-corrected chi connectivity index (χ0v) is 11.6. The van der Waals surface area contributed by atoms with Gasteiger partial charge in [-0.15, -0.1) is 0 Å². The summed E-state index contributed by atoms with van der Waals surface area (Å²) in [5.41, 5.74) is -0.547. The maximum Gasteiger partial charge on any atom is 0.325 e. The van der Waals surface area contributed by atoms with E-state index >= 15 is 0 Å². The van der Waals surface area contributed by atoms with Gasteiger partial charge in [-0.25, -0.2) is 0 Å². The third-order valence-electron chi connectivity index (χ3n) is 3.03. The van der Waals surface area contributed by atoms with Crippen LogP contribution in [-0.4, -0.2) is 24.7 Å². The molecule has 3 nitrogen and oxygen atoms in total. The number of ether oxygens (including phenoxy) is 1. The summed E-state index contributed by atoms with van der Waals surface area (Å²) in [7, 11) is 1.45. The van der Waals surface area contributed by atoms with Crippen LogP contribution in [0.25, 0.3) is 0 Å². The minimum atomic E-state index is -0.547. The third-order valence-corrected chi connectivity index (χ3v) is 3.03. The molecule has 0 heterocycles. The van der Waals surface area contributed by atoms with Crippen molar-refractivity contribution in [3.05, 3.63) is 0 Å². The second-order valence-electron chi connectivity index (χ2n) is 5.21. The average molecular weight is 229 g/mol. The Balaban J connectivity index is 4.54. The minimum absolute atomic E-state index is 0.159. The molecule has 0 bridgehead atoms. The highest BCUT2D eigenvalue weighted by Crippen LogP contribution is 2.19. The smallest absolute Gasteiger partial charge is 0.325 e. The quantitative estimate of drug-likeness (QED) is 0.682. The van der Waals surface area contributed by atoms with E-state index in [2.05, 4.69) is 33.0 Å². The number of carbonyl (C=O) groups excluding carboxylic acids is 1. The summed E-state index contributed by atoms with van der Waals surface area (Å²) in [6.07, 6.45) is 2.85. The van der Waals surface area contributed by atoms with Crippen LogP contribution in [0.1, 0.15) is 53.9 Å². The molecular weight excluding hydrogens is 202 g/mol. The van der Waals surface area contributed by atoms with Crippen molar-refractivity contribution in [2.75, 3.05) is 7.11 Å². The lowest BCUT2D eigenvalue weighted by Crippen LogP contribution is -2.53. The van der Waals surface area contributed by atoms with Gasteiger partial charge >= 0.3 is 5.97 Å². The number of hydrogen-bond donors (Lipinski definition) is 1. The predicted molar refractivity (Wildman–Crippen MR) is 67.4 cm³/mol. The van der Waals surface area contributed by atoms with Crippen LogP contribution in [0.5, 0.6) is 0 Å². The van der Waals surface area contributed by atoms with Crippen LogP contribution in [0.4, 0.5) is 0 Å². The molecule has 0 aromatic rings. The van der Waals surface area contributed by atoms with Crippen molar-refractivity contribution in [3.8, 4) is 0 Å². The van der Waals surface area contributed by atoms with Gasteiger partial charge in [0.1, 0.15) is 5.54 Å². The fraction of sp³-hybridized carbons (Fsp3) is 0.923. The molecule has 2 unspecified atom stereocenters. The normalized spacial score (nSPS) is 16.9. The molecule has 0 rings (SSSR count). The van der Waals surface area contributed by atoms with Gasteiger partial charge in [-0.2, -0.15) is 0 Å². The van der Waals surface area contributed by atoms with Gasteiger partial charge in [-0.3, -0.25) is 10.1 Å². The van der Waals surface area contributed by atoms with Crippen molar-refractivity contribution in [1.29, 1.82) is 0 Å². The maximum atomic E-state index is 11.8. The minimum Gasteiger partial charge on any atom is -0.468 e. The molecule has 0 saturated heterocycles. The highest BCUT2D eigenvalue weighted by molar-refractivity contribution is 5.80. The molecular formula is C13H27NO2. The number of hydrogen-bond acceptors (Lipinski definition) is 3. The van der Waals surface area contributed by atoms with Gasteiger partial charge in [0.25, 0.3) is 0 Å². The molecule has 0 aromatic carbocycles. The van der Waals surface area contributed by atoms with Gasteiger partial charge in [0.15, 0.2) is 0 Å². The highest BCUT2D eigenvalue weighted by Gasteiger charge is 2.34. The average Bonchev–Trinajstić information content (AvgIpc) is 2.25. The summed E-state index contributed by atoms with van der Waals surface area (Å²) in [5.74, 6) is 0.441. The van der Waals surface area contributed by atoms with Gasteiger partial charge in [-0.1, -0.05) is 20.8 Å². The summed E-state index contributed by atoms with van der Waals surface area (Å²) >= 11 is 0. The number of nitrogens with one attached hydrogen (secondary N) is 1. The Hall–Kier alpha value is -0.570. The van der Waals surface area contributed by atoms with Gasteiger partial charge in [0, 0.05) is 6.04 Å². The molecule has 2 atom stereocenters. The predicted octanol–water partition coefficient (Wildman–Crippen LogP) is 2.74. The molecule has 0 aliphatic rings. The monoisotopic (exact) mass is 229 g/mol. The van der Waals surface area contributed by atoms with E-state index in [9.17, 15) is 4.79 Å². The number of esters is 1. The molecule has 96 valence electrons. The van der Waals surface area contributed by atoms with Gasteiger partial charge in [-0.05, 0) is 39.0 Å². The van der Waals surface area contributed by atoms with Crippen molar-refractivity contribution in [2.24, 2.45) is 5.92 Å². The van der Waals surface area contributed by atoms with Crippen LogP contribution < -0.4 is 5.32 Å². The SMILES string of the molecule is CCC(C)NC(C)(CCC(C)C)C(=O)OC. The Kier molecular flexibility index (Phi) is 6.65. The van der Waals surface area contributed by atoms with E-state index in [1.165, 1.54) is 7.11 Å². The molecule has 0 aliphatic carbocycles. The molecule has 3 heteroatoms. The largest absolute Gasteiger partial charge is 0.468 e. The first kappa shape index (κ1) is 15.4. The summed E-state index contributed by atoms with van der Waals surface area (Å²) in [4.78, 5) is 11.8.